The van der Waals surface area contributed by atoms with Crippen molar-refractivity contribution in [1.29, 1.82) is 0 Å². The predicted molar refractivity (Wildman–Crippen MR) is 316 cm³/mol. The summed E-state index contributed by atoms with van der Waals surface area (Å²) >= 11 is 0. The van der Waals surface area contributed by atoms with Crippen LogP contribution in [0.5, 0.6) is 0 Å². The van der Waals surface area contributed by atoms with Gasteiger partial charge in [0.2, 0.25) is 0 Å². The van der Waals surface area contributed by atoms with Gasteiger partial charge >= 0.3 is 17.9 Å². The van der Waals surface area contributed by atoms with Crippen molar-refractivity contribution in [2.75, 3.05) is 13.2 Å². The van der Waals surface area contributed by atoms with Crippen LogP contribution in [-0.4, -0.2) is 37.2 Å². The van der Waals surface area contributed by atoms with Crippen molar-refractivity contribution >= 4 is 17.9 Å². The second kappa shape index (κ2) is 62.2. The minimum atomic E-state index is -0.767. The van der Waals surface area contributed by atoms with E-state index in [-0.39, 0.29) is 31.1 Å². The maximum atomic E-state index is 12.8. The van der Waals surface area contributed by atoms with Crippen LogP contribution in [0.2, 0.25) is 0 Å². The largest absolute Gasteiger partial charge is 0.462 e. The summed E-state index contributed by atoms with van der Waals surface area (Å²) in [4.78, 5) is 37.9. The number of esters is 3. The molecule has 0 N–H and O–H groups in total. The van der Waals surface area contributed by atoms with Crippen LogP contribution in [0.15, 0.2) is 36.5 Å². The van der Waals surface area contributed by atoms with Crippen molar-refractivity contribution in [2.45, 2.75) is 361 Å². The Morgan fingerprint density at radius 3 is 0.767 bits per heavy atom. The van der Waals surface area contributed by atoms with Crippen LogP contribution >= 0.6 is 0 Å². The molecule has 0 bridgehead atoms. The Kier molecular flexibility index (Phi) is 60.2. The van der Waals surface area contributed by atoms with Gasteiger partial charge in [-0.2, -0.15) is 0 Å². The molecule has 0 aromatic heterocycles. The molecule has 0 aliphatic carbocycles. The Morgan fingerprint density at radius 2 is 0.493 bits per heavy atom. The van der Waals surface area contributed by atoms with Crippen molar-refractivity contribution in [3.63, 3.8) is 0 Å². The zero-order chi connectivity index (χ0) is 52.9. The van der Waals surface area contributed by atoms with Gasteiger partial charge in [0.05, 0.1) is 0 Å². The topological polar surface area (TPSA) is 78.9 Å². The number of allylic oxidation sites excluding steroid dienone is 6. The van der Waals surface area contributed by atoms with E-state index in [4.69, 9.17) is 14.2 Å². The Labute approximate surface area is 455 Å². The number of hydrogen-bond donors (Lipinski definition) is 0. The lowest BCUT2D eigenvalue weighted by molar-refractivity contribution is -0.167. The summed E-state index contributed by atoms with van der Waals surface area (Å²) in [5.41, 5.74) is 0. The van der Waals surface area contributed by atoms with Gasteiger partial charge in [0.1, 0.15) is 13.2 Å². The first-order chi connectivity index (χ1) is 36.0. The fraction of sp³-hybridized carbons (Fsp3) is 0.866. The fourth-order valence-corrected chi connectivity index (χ4v) is 9.71. The molecule has 0 saturated carbocycles. The maximum absolute atomic E-state index is 12.8. The highest BCUT2D eigenvalue weighted by molar-refractivity contribution is 5.71. The van der Waals surface area contributed by atoms with Gasteiger partial charge in [0.25, 0.3) is 0 Å². The number of carbonyl (C=O) groups excluding carboxylic acids is 3. The Hall–Kier alpha value is -2.37. The molecule has 0 amide bonds. The fourth-order valence-electron chi connectivity index (χ4n) is 9.71. The van der Waals surface area contributed by atoms with E-state index in [0.717, 1.165) is 70.6 Å². The van der Waals surface area contributed by atoms with E-state index in [0.29, 0.717) is 19.3 Å². The number of hydrogen-bond acceptors (Lipinski definition) is 6. The Morgan fingerprint density at radius 1 is 0.274 bits per heavy atom. The third kappa shape index (κ3) is 60.4. The molecule has 1 atom stereocenters. The number of rotatable bonds is 60. The predicted octanol–water partition coefficient (Wildman–Crippen LogP) is 22.0. The van der Waals surface area contributed by atoms with Gasteiger partial charge in [0.15, 0.2) is 6.10 Å². The highest BCUT2D eigenvalue weighted by Gasteiger charge is 2.19. The molecule has 0 spiro atoms. The molecule has 0 aromatic rings. The van der Waals surface area contributed by atoms with Crippen LogP contribution in [0.1, 0.15) is 355 Å². The summed E-state index contributed by atoms with van der Waals surface area (Å²) in [5, 5.41) is 0. The molecule has 0 heterocycles. The molecule has 73 heavy (non-hydrogen) atoms. The van der Waals surface area contributed by atoms with Gasteiger partial charge in [-0.05, 0) is 77.0 Å². The van der Waals surface area contributed by atoms with E-state index < -0.39 is 6.10 Å². The lowest BCUT2D eigenvalue weighted by Gasteiger charge is -2.18. The highest BCUT2D eigenvalue weighted by atomic mass is 16.6. The number of unbranched alkanes of at least 4 members (excludes halogenated alkanes) is 43. The standard InChI is InChI=1S/C67H124O6/c1-4-7-10-13-15-17-19-21-23-25-27-29-30-31-32-33-34-35-36-38-39-41-43-45-47-49-51-54-57-60-66(69)72-63-64(62-71-65(68)59-56-53-12-9-6-3)73-67(70)61-58-55-52-50-48-46-44-42-40-37-28-26-24-22-20-18-16-14-11-8-5-2/h19,21,25-28,64H,4-18,20,22-24,29-63H2,1-3H3/b21-19-,27-25-,28-26-. The average molecular weight is 1030 g/mol. The van der Waals surface area contributed by atoms with Crippen LogP contribution in [0.4, 0.5) is 0 Å². The zero-order valence-electron chi connectivity index (χ0n) is 49.2. The number of carbonyl (C=O) groups is 3. The summed E-state index contributed by atoms with van der Waals surface area (Å²) in [5.74, 6) is -0.865. The lowest BCUT2D eigenvalue weighted by atomic mass is 10.0. The third-order valence-electron chi connectivity index (χ3n) is 14.6. The number of ether oxygens (including phenoxy) is 3. The average Bonchev–Trinajstić information content (AvgIpc) is 3.39. The molecule has 428 valence electrons. The van der Waals surface area contributed by atoms with Gasteiger partial charge in [-0.1, -0.05) is 295 Å². The summed E-state index contributed by atoms with van der Waals surface area (Å²) < 4.78 is 16.8. The van der Waals surface area contributed by atoms with E-state index in [1.807, 2.05) is 0 Å². The quantitative estimate of drug-likeness (QED) is 0.0261. The molecule has 0 aliphatic rings. The minimum Gasteiger partial charge on any atom is -0.462 e. The SMILES string of the molecule is CCCCCCC/C=C\C/C=C\CCCCCCCCCCCCCCCCCCCC(=O)OCC(COC(=O)CCCCCCC)OC(=O)CCCCCCCCCCC/C=C\CCCCCCCCCC. The van der Waals surface area contributed by atoms with Crippen LogP contribution in [0.25, 0.3) is 0 Å². The van der Waals surface area contributed by atoms with Crippen molar-refractivity contribution in [1.82, 2.24) is 0 Å². The smallest absolute Gasteiger partial charge is 0.306 e. The van der Waals surface area contributed by atoms with E-state index in [1.54, 1.807) is 0 Å². The Balaban J connectivity index is 3.97. The van der Waals surface area contributed by atoms with E-state index in [1.165, 1.54) is 244 Å². The summed E-state index contributed by atoms with van der Waals surface area (Å²) in [6, 6.07) is 0. The van der Waals surface area contributed by atoms with Crippen molar-refractivity contribution < 1.29 is 28.6 Å². The van der Waals surface area contributed by atoms with Crippen LogP contribution in [-0.2, 0) is 28.6 Å². The van der Waals surface area contributed by atoms with Crippen molar-refractivity contribution in [3.05, 3.63) is 36.5 Å². The zero-order valence-corrected chi connectivity index (χ0v) is 49.2. The lowest BCUT2D eigenvalue weighted by Crippen LogP contribution is -2.30. The summed E-state index contributed by atoms with van der Waals surface area (Å²) in [6.07, 6.45) is 76.4. The molecule has 0 fully saturated rings. The summed E-state index contributed by atoms with van der Waals surface area (Å²) in [6.45, 7) is 6.60. The minimum absolute atomic E-state index is 0.0692. The van der Waals surface area contributed by atoms with Gasteiger partial charge in [-0.3, -0.25) is 14.4 Å². The first-order valence-corrected chi connectivity index (χ1v) is 32.5. The van der Waals surface area contributed by atoms with E-state index >= 15 is 0 Å². The third-order valence-corrected chi connectivity index (χ3v) is 14.6. The van der Waals surface area contributed by atoms with Crippen LogP contribution in [0.3, 0.4) is 0 Å². The molecule has 0 radical (unpaired) electrons. The normalized spacial score (nSPS) is 12.2. The van der Waals surface area contributed by atoms with Crippen LogP contribution < -0.4 is 0 Å². The van der Waals surface area contributed by atoms with Gasteiger partial charge in [0, 0.05) is 19.3 Å². The first kappa shape index (κ1) is 70.6. The van der Waals surface area contributed by atoms with Gasteiger partial charge in [-0.15, -0.1) is 0 Å². The van der Waals surface area contributed by atoms with Gasteiger partial charge in [-0.25, -0.2) is 0 Å². The molecule has 0 aliphatic heterocycles. The van der Waals surface area contributed by atoms with Gasteiger partial charge < -0.3 is 14.2 Å². The molecule has 0 aromatic carbocycles. The highest BCUT2D eigenvalue weighted by Crippen LogP contribution is 2.17. The first-order valence-electron chi connectivity index (χ1n) is 32.5. The second-order valence-corrected chi connectivity index (χ2v) is 22.0. The molecular weight excluding hydrogens is 901 g/mol. The molecule has 1 unspecified atom stereocenters. The van der Waals surface area contributed by atoms with Crippen molar-refractivity contribution in [3.8, 4) is 0 Å². The molecular formula is C67H124O6. The van der Waals surface area contributed by atoms with Crippen LogP contribution in [0, 0.1) is 0 Å². The Bertz CT molecular complexity index is 1220. The molecule has 6 heteroatoms. The summed E-state index contributed by atoms with van der Waals surface area (Å²) in [7, 11) is 0. The monoisotopic (exact) mass is 1020 g/mol. The van der Waals surface area contributed by atoms with E-state index in [2.05, 4.69) is 57.2 Å². The maximum Gasteiger partial charge on any atom is 0.306 e. The second-order valence-electron chi connectivity index (χ2n) is 22.0. The molecule has 0 saturated heterocycles. The molecule has 6 nitrogen and oxygen atoms in total. The van der Waals surface area contributed by atoms with E-state index in [9.17, 15) is 14.4 Å². The van der Waals surface area contributed by atoms with Crippen molar-refractivity contribution in [2.24, 2.45) is 0 Å². The molecule has 0 rings (SSSR count).